The molecule has 0 radical (unpaired) electrons. The first kappa shape index (κ1) is 25.0. The van der Waals surface area contributed by atoms with Crippen molar-refractivity contribution >= 4 is 52.4 Å². The number of carbonyl (C=O) groups excluding carboxylic acids is 2. The number of anilines is 5. The van der Waals surface area contributed by atoms with Gasteiger partial charge in [0.1, 0.15) is 5.02 Å². The molecule has 188 valence electrons. The molecule has 2 aromatic carbocycles. The van der Waals surface area contributed by atoms with Gasteiger partial charge in [-0.25, -0.2) is 9.78 Å². The molecule has 2 heterocycles. The zero-order valence-corrected chi connectivity index (χ0v) is 19.8. The number of aromatic nitrogens is 2. The number of rotatable bonds is 5. The van der Waals surface area contributed by atoms with E-state index in [1.165, 1.54) is 24.2 Å². The Labute approximate surface area is 208 Å². The second-order valence-electron chi connectivity index (χ2n) is 7.71. The van der Waals surface area contributed by atoms with E-state index in [1.54, 1.807) is 25.2 Å². The number of halogens is 4. The topological polar surface area (TPSA) is 108 Å². The average molecular weight is 521 g/mol. The Morgan fingerprint density at radius 1 is 1.19 bits per heavy atom. The number of hydrogen-bond donors (Lipinski definition) is 3. The fraction of sp³-hybridized carbons (Fsp3) is 0.217. The van der Waals surface area contributed by atoms with E-state index in [-0.39, 0.29) is 29.0 Å². The summed E-state index contributed by atoms with van der Waals surface area (Å²) in [6.45, 7) is 0.220. The highest BCUT2D eigenvalue weighted by atomic mass is 35.5. The number of hydrogen-bond acceptors (Lipinski definition) is 7. The van der Waals surface area contributed by atoms with E-state index < -0.39 is 29.4 Å². The molecule has 3 N–H and O–H groups in total. The molecule has 0 unspecified atom stereocenters. The highest BCUT2D eigenvalue weighted by Gasteiger charge is 2.35. The van der Waals surface area contributed by atoms with E-state index in [4.69, 9.17) is 16.3 Å². The van der Waals surface area contributed by atoms with Gasteiger partial charge in [-0.1, -0.05) is 17.7 Å². The van der Waals surface area contributed by atoms with Gasteiger partial charge in [-0.3, -0.25) is 9.69 Å². The number of amides is 2. The summed E-state index contributed by atoms with van der Waals surface area (Å²) in [6.07, 6.45) is -3.49. The van der Waals surface area contributed by atoms with Gasteiger partial charge in [0.05, 0.1) is 35.3 Å². The minimum Gasteiger partial charge on any atom is -0.449 e. The number of fused-ring (bicyclic) bond motifs is 1. The van der Waals surface area contributed by atoms with Crippen LogP contribution in [0.5, 0.6) is 0 Å². The van der Waals surface area contributed by atoms with Gasteiger partial charge in [0.25, 0.3) is 5.91 Å². The molecule has 0 aliphatic carbocycles. The summed E-state index contributed by atoms with van der Waals surface area (Å²) in [5.74, 6) is -0.809. The van der Waals surface area contributed by atoms with Crippen molar-refractivity contribution < 1.29 is 27.5 Å². The maximum Gasteiger partial charge on any atom is 0.418 e. The quantitative estimate of drug-likeness (QED) is 0.428. The Kier molecular flexibility index (Phi) is 6.88. The summed E-state index contributed by atoms with van der Waals surface area (Å²) in [7, 11) is 2.91. The normalized spacial score (nSPS) is 13.4. The van der Waals surface area contributed by atoms with Crippen molar-refractivity contribution in [2.45, 2.75) is 12.6 Å². The highest BCUT2D eigenvalue weighted by Crippen LogP contribution is 2.39. The van der Waals surface area contributed by atoms with Gasteiger partial charge >= 0.3 is 12.3 Å². The van der Waals surface area contributed by atoms with Crippen LogP contribution < -0.4 is 20.9 Å². The van der Waals surface area contributed by atoms with Crippen LogP contribution in [0.1, 0.15) is 21.5 Å². The Morgan fingerprint density at radius 3 is 2.69 bits per heavy atom. The monoisotopic (exact) mass is 520 g/mol. The van der Waals surface area contributed by atoms with Crippen molar-refractivity contribution in [3.8, 4) is 0 Å². The van der Waals surface area contributed by atoms with Gasteiger partial charge in [0.15, 0.2) is 5.82 Å². The lowest BCUT2D eigenvalue weighted by atomic mass is 10.1. The molecule has 2 amide bonds. The lowest BCUT2D eigenvalue weighted by Gasteiger charge is -2.18. The molecule has 0 fully saturated rings. The zero-order valence-electron chi connectivity index (χ0n) is 19.0. The van der Waals surface area contributed by atoms with Gasteiger partial charge in [0.2, 0.25) is 5.95 Å². The molecule has 9 nitrogen and oxygen atoms in total. The van der Waals surface area contributed by atoms with Gasteiger partial charge < -0.3 is 20.7 Å². The Balaban J connectivity index is 1.67. The number of ether oxygens (including phenoxy) is 1. The molecule has 36 heavy (non-hydrogen) atoms. The van der Waals surface area contributed by atoms with Gasteiger partial charge in [-0.2, -0.15) is 18.2 Å². The second kappa shape index (κ2) is 9.90. The lowest BCUT2D eigenvalue weighted by molar-refractivity contribution is -0.136. The molecule has 0 saturated carbocycles. The molecule has 4 rings (SSSR count). The van der Waals surface area contributed by atoms with Gasteiger partial charge in [-0.05, 0) is 35.9 Å². The van der Waals surface area contributed by atoms with Crippen LogP contribution in [0.25, 0.3) is 0 Å². The predicted molar refractivity (Wildman–Crippen MR) is 128 cm³/mol. The number of nitrogens with zero attached hydrogens (tertiary/aromatic N) is 3. The van der Waals surface area contributed by atoms with Crippen LogP contribution in [0.15, 0.2) is 42.6 Å². The SMILES string of the molecule is CNC(=O)c1cccc(C(F)(F)F)c1Nc1nc(Nc2ccc3c(c2)CCOC(=O)N3C)ncc1Cl. The number of alkyl halides is 3. The third kappa shape index (κ3) is 5.13. The summed E-state index contributed by atoms with van der Waals surface area (Å²) < 4.78 is 46.2. The van der Waals surface area contributed by atoms with Crippen LogP contribution in [0.2, 0.25) is 5.02 Å². The van der Waals surface area contributed by atoms with Crippen LogP contribution >= 0.6 is 11.6 Å². The molecular weight excluding hydrogens is 501 g/mol. The van der Waals surface area contributed by atoms with Crippen LogP contribution in [0, 0.1) is 0 Å². The van der Waals surface area contributed by atoms with E-state index in [9.17, 15) is 22.8 Å². The second-order valence-corrected chi connectivity index (χ2v) is 8.12. The van der Waals surface area contributed by atoms with Crippen molar-refractivity contribution in [3.05, 3.63) is 64.3 Å². The van der Waals surface area contributed by atoms with Crippen LogP contribution in [0.4, 0.5) is 46.8 Å². The fourth-order valence-corrected chi connectivity index (χ4v) is 3.78. The Hall–Kier alpha value is -4.06. The lowest BCUT2D eigenvalue weighted by Crippen LogP contribution is -2.25. The first-order chi connectivity index (χ1) is 17.1. The van der Waals surface area contributed by atoms with Crippen LogP contribution in [-0.4, -0.2) is 42.7 Å². The number of para-hydroxylation sites is 1. The molecule has 0 saturated heterocycles. The molecule has 1 aromatic heterocycles. The molecular formula is C23H20ClF3N6O3. The van der Waals surface area contributed by atoms with Crippen LogP contribution in [-0.2, 0) is 17.3 Å². The minimum atomic E-state index is -4.74. The highest BCUT2D eigenvalue weighted by molar-refractivity contribution is 6.33. The fourth-order valence-electron chi connectivity index (χ4n) is 3.64. The standard InChI is InChI=1S/C23H20ClF3N6O3/c1-28-20(34)14-4-3-5-15(23(25,26)27)18(14)31-19-16(24)11-29-21(32-19)30-13-6-7-17-12(10-13)8-9-36-22(35)33(17)2/h3-7,10-11H,8-9H2,1-2H3,(H,28,34)(H2,29,30,31,32). The molecule has 0 bridgehead atoms. The Morgan fingerprint density at radius 2 is 1.97 bits per heavy atom. The number of benzene rings is 2. The molecule has 1 aliphatic rings. The summed E-state index contributed by atoms with van der Waals surface area (Å²) in [4.78, 5) is 33.9. The summed E-state index contributed by atoms with van der Waals surface area (Å²) in [5, 5.41) is 7.81. The van der Waals surface area contributed by atoms with Crippen molar-refractivity contribution in [1.82, 2.24) is 15.3 Å². The largest absolute Gasteiger partial charge is 0.449 e. The van der Waals surface area contributed by atoms with Crippen molar-refractivity contribution in [2.75, 3.05) is 36.2 Å². The Bertz CT molecular complexity index is 1330. The number of nitrogens with one attached hydrogen (secondary N) is 3. The number of cyclic esters (lactones) is 1. The van der Waals surface area contributed by atoms with Crippen molar-refractivity contribution in [1.29, 1.82) is 0 Å². The van der Waals surface area contributed by atoms with Crippen LogP contribution in [0.3, 0.4) is 0 Å². The molecule has 0 atom stereocenters. The zero-order chi connectivity index (χ0) is 26.0. The molecule has 0 spiro atoms. The summed E-state index contributed by atoms with van der Waals surface area (Å²) in [6, 6.07) is 8.47. The first-order valence-electron chi connectivity index (χ1n) is 10.6. The third-order valence-electron chi connectivity index (χ3n) is 5.40. The van der Waals surface area contributed by atoms with Crippen molar-refractivity contribution in [3.63, 3.8) is 0 Å². The molecule has 1 aliphatic heterocycles. The summed E-state index contributed by atoms with van der Waals surface area (Å²) >= 11 is 6.18. The maximum absolute atomic E-state index is 13.7. The minimum absolute atomic E-state index is 0.0436. The van der Waals surface area contributed by atoms with E-state index in [2.05, 4.69) is 25.9 Å². The van der Waals surface area contributed by atoms with Gasteiger partial charge in [0, 0.05) is 26.2 Å². The maximum atomic E-state index is 13.7. The predicted octanol–water partition coefficient (Wildman–Crippen LogP) is 5.12. The number of carbonyl (C=O) groups is 2. The van der Waals surface area contributed by atoms with E-state index >= 15 is 0 Å². The van der Waals surface area contributed by atoms with E-state index in [0.29, 0.717) is 17.8 Å². The molecule has 13 heteroatoms. The van der Waals surface area contributed by atoms with Gasteiger partial charge in [-0.15, -0.1) is 0 Å². The molecule has 3 aromatic rings. The summed E-state index contributed by atoms with van der Waals surface area (Å²) in [5.41, 5.74) is 0.325. The van der Waals surface area contributed by atoms with Crippen molar-refractivity contribution in [2.24, 2.45) is 0 Å². The smallest absolute Gasteiger partial charge is 0.418 e. The van der Waals surface area contributed by atoms with E-state index in [0.717, 1.165) is 17.7 Å². The first-order valence-corrected chi connectivity index (χ1v) is 11.0. The average Bonchev–Trinajstić information content (AvgIpc) is 2.98. The third-order valence-corrected chi connectivity index (χ3v) is 5.67. The van der Waals surface area contributed by atoms with E-state index in [1.807, 2.05) is 0 Å².